The van der Waals surface area contributed by atoms with Crippen LogP contribution in [0, 0.1) is 5.92 Å². The molecule has 1 atom stereocenters. The maximum atomic E-state index is 11.4. The van der Waals surface area contributed by atoms with Gasteiger partial charge >= 0.3 is 0 Å². The molecular weight excluding hydrogens is 188 g/mol. The van der Waals surface area contributed by atoms with Gasteiger partial charge in [-0.2, -0.15) is 0 Å². The molecule has 0 aromatic heterocycles. The monoisotopic (exact) mass is 206 g/mol. The first-order valence-electron chi connectivity index (χ1n) is 4.82. The highest BCUT2D eigenvalue weighted by atomic mass is 32.2. The highest BCUT2D eigenvalue weighted by Gasteiger charge is 2.19. The van der Waals surface area contributed by atoms with E-state index >= 15 is 0 Å². The Kier molecular flexibility index (Phi) is 4.15. The number of piperidine rings is 1. The van der Waals surface area contributed by atoms with Crippen LogP contribution < -0.4 is 10.0 Å². The molecular formula is C8H18N2O2S. The number of nitrogens with one attached hydrogen (secondary N) is 2. The number of hydrogen-bond acceptors (Lipinski definition) is 3. The zero-order valence-electron chi connectivity index (χ0n) is 8.04. The molecule has 0 aromatic carbocycles. The van der Waals surface area contributed by atoms with Crippen LogP contribution in [0.2, 0.25) is 0 Å². The summed E-state index contributed by atoms with van der Waals surface area (Å²) >= 11 is 0. The molecule has 78 valence electrons. The Bertz CT molecular complexity index is 233. The van der Waals surface area contributed by atoms with Crippen molar-refractivity contribution in [2.75, 3.05) is 25.4 Å². The van der Waals surface area contributed by atoms with Crippen LogP contribution in [0.4, 0.5) is 0 Å². The van der Waals surface area contributed by atoms with Gasteiger partial charge < -0.3 is 5.32 Å². The first-order chi connectivity index (χ1) is 6.14. The number of rotatable bonds is 4. The molecule has 0 radical (unpaired) electrons. The van der Waals surface area contributed by atoms with E-state index in [1.54, 1.807) is 6.92 Å². The smallest absolute Gasteiger partial charge is 0.211 e. The lowest BCUT2D eigenvalue weighted by molar-refractivity contribution is 0.403. The van der Waals surface area contributed by atoms with Crippen LogP contribution in [-0.2, 0) is 10.0 Å². The highest BCUT2D eigenvalue weighted by molar-refractivity contribution is 7.89. The van der Waals surface area contributed by atoms with Crippen molar-refractivity contribution in [3.05, 3.63) is 0 Å². The van der Waals surface area contributed by atoms with E-state index in [9.17, 15) is 8.42 Å². The van der Waals surface area contributed by atoms with Crippen LogP contribution in [-0.4, -0.2) is 33.8 Å². The zero-order chi connectivity index (χ0) is 9.73. The molecule has 1 saturated heterocycles. The molecule has 1 aliphatic heterocycles. The van der Waals surface area contributed by atoms with Crippen LogP contribution in [0.3, 0.4) is 0 Å². The van der Waals surface area contributed by atoms with E-state index in [-0.39, 0.29) is 11.7 Å². The van der Waals surface area contributed by atoms with Crippen molar-refractivity contribution in [1.82, 2.24) is 10.0 Å². The SMILES string of the molecule is CCNS(=O)(=O)CC1CCCNC1. The second kappa shape index (κ2) is 4.93. The van der Waals surface area contributed by atoms with E-state index in [2.05, 4.69) is 10.0 Å². The first kappa shape index (κ1) is 10.9. The fourth-order valence-corrected chi connectivity index (χ4v) is 3.12. The van der Waals surface area contributed by atoms with E-state index in [1.807, 2.05) is 0 Å². The summed E-state index contributed by atoms with van der Waals surface area (Å²) in [5, 5.41) is 3.21. The van der Waals surface area contributed by atoms with Crippen molar-refractivity contribution in [3.8, 4) is 0 Å². The van der Waals surface area contributed by atoms with Crippen LogP contribution in [0.1, 0.15) is 19.8 Å². The van der Waals surface area contributed by atoms with Gasteiger partial charge in [0.2, 0.25) is 10.0 Å². The van der Waals surface area contributed by atoms with E-state index < -0.39 is 10.0 Å². The standard InChI is InChI=1S/C8H18N2O2S/c1-2-10-13(11,12)7-8-4-3-5-9-6-8/h8-10H,2-7H2,1H3. The Hall–Kier alpha value is -0.130. The molecule has 2 N–H and O–H groups in total. The van der Waals surface area contributed by atoms with Gasteiger partial charge in [-0.25, -0.2) is 13.1 Å². The molecule has 1 rings (SSSR count). The van der Waals surface area contributed by atoms with E-state index in [0.29, 0.717) is 6.54 Å². The zero-order valence-corrected chi connectivity index (χ0v) is 8.86. The Morgan fingerprint density at radius 2 is 2.31 bits per heavy atom. The minimum atomic E-state index is -3.02. The molecule has 1 unspecified atom stereocenters. The average Bonchev–Trinajstić information content (AvgIpc) is 2.04. The van der Waals surface area contributed by atoms with Gasteiger partial charge in [0.25, 0.3) is 0 Å². The Morgan fingerprint density at radius 1 is 1.54 bits per heavy atom. The van der Waals surface area contributed by atoms with Gasteiger partial charge in [0.1, 0.15) is 0 Å². The fraction of sp³-hybridized carbons (Fsp3) is 1.00. The van der Waals surface area contributed by atoms with E-state index in [4.69, 9.17) is 0 Å². The van der Waals surface area contributed by atoms with Gasteiger partial charge in [-0.3, -0.25) is 0 Å². The molecule has 0 aliphatic carbocycles. The quantitative estimate of drug-likeness (QED) is 0.677. The van der Waals surface area contributed by atoms with Gasteiger partial charge in [-0.15, -0.1) is 0 Å². The summed E-state index contributed by atoms with van der Waals surface area (Å²) in [5.74, 6) is 0.561. The van der Waals surface area contributed by atoms with Crippen LogP contribution in [0.5, 0.6) is 0 Å². The Balaban J connectivity index is 2.37. The van der Waals surface area contributed by atoms with Crippen LogP contribution in [0.15, 0.2) is 0 Å². The minimum absolute atomic E-state index is 0.272. The summed E-state index contributed by atoms with van der Waals surface area (Å²) in [6, 6.07) is 0. The molecule has 1 fully saturated rings. The lowest BCUT2D eigenvalue weighted by Crippen LogP contribution is -2.37. The second-order valence-electron chi connectivity index (χ2n) is 3.49. The van der Waals surface area contributed by atoms with Crippen LogP contribution in [0.25, 0.3) is 0 Å². The van der Waals surface area contributed by atoms with Gasteiger partial charge in [-0.1, -0.05) is 6.92 Å². The number of hydrogen-bond donors (Lipinski definition) is 2. The van der Waals surface area contributed by atoms with Gasteiger partial charge in [0.15, 0.2) is 0 Å². The molecule has 1 heterocycles. The summed E-state index contributed by atoms with van der Waals surface area (Å²) in [6.45, 7) is 4.15. The summed E-state index contributed by atoms with van der Waals surface area (Å²) in [7, 11) is -3.02. The Morgan fingerprint density at radius 3 is 2.85 bits per heavy atom. The third-order valence-electron chi connectivity index (χ3n) is 2.22. The molecule has 0 bridgehead atoms. The van der Waals surface area contributed by atoms with Crippen molar-refractivity contribution in [3.63, 3.8) is 0 Å². The number of sulfonamides is 1. The van der Waals surface area contributed by atoms with Crippen LogP contribution >= 0.6 is 0 Å². The van der Waals surface area contributed by atoms with Crippen molar-refractivity contribution in [2.24, 2.45) is 5.92 Å². The maximum absolute atomic E-state index is 11.4. The van der Waals surface area contributed by atoms with E-state index in [1.165, 1.54) is 0 Å². The molecule has 5 heteroatoms. The molecule has 13 heavy (non-hydrogen) atoms. The van der Waals surface area contributed by atoms with Crippen molar-refractivity contribution >= 4 is 10.0 Å². The predicted molar refractivity (Wildman–Crippen MR) is 53.1 cm³/mol. The molecule has 4 nitrogen and oxygen atoms in total. The lowest BCUT2D eigenvalue weighted by atomic mass is 10.0. The predicted octanol–water partition coefficient (Wildman–Crippen LogP) is -0.0747. The van der Waals surface area contributed by atoms with Gasteiger partial charge in [0, 0.05) is 6.54 Å². The average molecular weight is 206 g/mol. The fourth-order valence-electron chi connectivity index (χ4n) is 1.66. The highest BCUT2D eigenvalue weighted by Crippen LogP contribution is 2.11. The summed E-state index contributed by atoms with van der Waals surface area (Å²) in [6.07, 6.45) is 2.12. The summed E-state index contributed by atoms with van der Waals surface area (Å²) < 4.78 is 25.2. The molecule has 0 amide bonds. The van der Waals surface area contributed by atoms with Crippen molar-refractivity contribution in [1.29, 1.82) is 0 Å². The lowest BCUT2D eigenvalue weighted by Gasteiger charge is -2.22. The second-order valence-corrected chi connectivity index (χ2v) is 5.34. The molecule has 0 aromatic rings. The largest absolute Gasteiger partial charge is 0.316 e. The van der Waals surface area contributed by atoms with Crippen molar-refractivity contribution in [2.45, 2.75) is 19.8 Å². The normalized spacial score (nSPS) is 24.5. The topological polar surface area (TPSA) is 58.2 Å². The molecule has 0 spiro atoms. The summed E-state index contributed by atoms with van der Waals surface area (Å²) in [4.78, 5) is 0. The van der Waals surface area contributed by atoms with Crippen molar-refractivity contribution < 1.29 is 8.42 Å². The minimum Gasteiger partial charge on any atom is -0.316 e. The third-order valence-corrected chi connectivity index (χ3v) is 3.86. The Labute approximate surface area is 80.1 Å². The van der Waals surface area contributed by atoms with Gasteiger partial charge in [-0.05, 0) is 31.8 Å². The summed E-state index contributed by atoms with van der Waals surface area (Å²) in [5.41, 5.74) is 0. The van der Waals surface area contributed by atoms with E-state index in [0.717, 1.165) is 25.9 Å². The molecule has 1 aliphatic rings. The molecule has 0 saturated carbocycles. The maximum Gasteiger partial charge on any atom is 0.211 e. The third kappa shape index (κ3) is 4.06. The van der Waals surface area contributed by atoms with Gasteiger partial charge in [0.05, 0.1) is 5.75 Å². The first-order valence-corrected chi connectivity index (χ1v) is 6.47.